The predicted molar refractivity (Wildman–Crippen MR) is 79.3 cm³/mol. The first-order valence-electron chi connectivity index (χ1n) is 6.41. The standard InChI is InChI=1S/C14H21NO4S/c1-9-8-19-10(7-11(16)17)12(9)13(18)15-5-6-20-14(2,3)4/h8H,5-7H2,1-4H3,(H,15,18)(H,16,17). The van der Waals surface area contributed by atoms with E-state index in [9.17, 15) is 9.59 Å². The van der Waals surface area contributed by atoms with Gasteiger partial charge in [-0.05, 0) is 6.92 Å². The van der Waals surface area contributed by atoms with E-state index in [-0.39, 0.29) is 22.8 Å². The summed E-state index contributed by atoms with van der Waals surface area (Å²) >= 11 is 1.76. The molecule has 0 spiro atoms. The molecule has 0 bridgehead atoms. The van der Waals surface area contributed by atoms with Crippen molar-refractivity contribution in [1.82, 2.24) is 5.32 Å². The Labute approximate surface area is 123 Å². The van der Waals surface area contributed by atoms with Crippen molar-refractivity contribution in [3.05, 3.63) is 23.2 Å². The fourth-order valence-electron chi connectivity index (χ4n) is 1.68. The van der Waals surface area contributed by atoms with Crippen LogP contribution in [0.15, 0.2) is 10.7 Å². The number of rotatable bonds is 6. The number of carboxylic acids is 1. The van der Waals surface area contributed by atoms with Crippen LogP contribution in [0.1, 0.15) is 42.5 Å². The molecule has 1 rings (SSSR count). The highest BCUT2D eigenvalue weighted by Crippen LogP contribution is 2.22. The summed E-state index contributed by atoms with van der Waals surface area (Å²) in [6, 6.07) is 0. The molecule has 1 heterocycles. The minimum atomic E-state index is -1.02. The normalized spacial score (nSPS) is 11.4. The zero-order valence-electron chi connectivity index (χ0n) is 12.3. The van der Waals surface area contributed by atoms with Gasteiger partial charge in [0.2, 0.25) is 0 Å². The number of nitrogens with one attached hydrogen (secondary N) is 1. The van der Waals surface area contributed by atoms with Crippen molar-refractivity contribution in [3.8, 4) is 0 Å². The maximum atomic E-state index is 12.1. The molecule has 0 aromatic carbocycles. The van der Waals surface area contributed by atoms with Crippen LogP contribution in [0.5, 0.6) is 0 Å². The van der Waals surface area contributed by atoms with Gasteiger partial charge in [0.1, 0.15) is 12.2 Å². The summed E-state index contributed by atoms with van der Waals surface area (Å²) in [6.45, 7) is 8.62. The number of furan rings is 1. The number of thioether (sulfide) groups is 1. The van der Waals surface area contributed by atoms with E-state index in [0.29, 0.717) is 17.7 Å². The van der Waals surface area contributed by atoms with Gasteiger partial charge >= 0.3 is 5.97 Å². The summed E-state index contributed by atoms with van der Waals surface area (Å²) in [5.74, 6) is -0.282. The first-order valence-corrected chi connectivity index (χ1v) is 7.40. The molecule has 0 aliphatic rings. The van der Waals surface area contributed by atoms with E-state index < -0.39 is 5.97 Å². The lowest BCUT2D eigenvalue weighted by Gasteiger charge is -2.17. The summed E-state index contributed by atoms with van der Waals surface area (Å²) in [4.78, 5) is 22.8. The fraction of sp³-hybridized carbons (Fsp3) is 0.571. The van der Waals surface area contributed by atoms with Crippen LogP contribution in [0.4, 0.5) is 0 Å². The number of carboxylic acid groups (broad SMARTS) is 1. The van der Waals surface area contributed by atoms with Crippen molar-refractivity contribution in [1.29, 1.82) is 0 Å². The SMILES string of the molecule is Cc1coc(CC(=O)O)c1C(=O)NCCSC(C)(C)C. The quantitative estimate of drug-likeness (QED) is 0.789. The van der Waals surface area contributed by atoms with Gasteiger partial charge in [-0.1, -0.05) is 20.8 Å². The number of hydrogen-bond donors (Lipinski definition) is 2. The lowest BCUT2D eigenvalue weighted by molar-refractivity contribution is -0.136. The first-order chi connectivity index (χ1) is 9.20. The molecule has 112 valence electrons. The number of aliphatic carboxylic acids is 1. The monoisotopic (exact) mass is 299 g/mol. The maximum absolute atomic E-state index is 12.1. The summed E-state index contributed by atoms with van der Waals surface area (Å²) in [7, 11) is 0. The molecule has 0 fully saturated rings. The number of carbonyl (C=O) groups excluding carboxylic acids is 1. The number of amides is 1. The van der Waals surface area contributed by atoms with E-state index >= 15 is 0 Å². The average molecular weight is 299 g/mol. The third-order valence-electron chi connectivity index (χ3n) is 2.51. The highest BCUT2D eigenvalue weighted by atomic mass is 32.2. The van der Waals surface area contributed by atoms with E-state index in [2.05, 4.69) is 26.1 Å². The molecule has 0 saturated carbocycles. The van der Waals surface area contributed by atoms with Gasteiger partial charge in [0.25, 0.3) is 5.91 Å². The second kappa shape index (κ2) is 6.83. The van der Waals surface area contributed by atoms with E-state index in [0.717, 1.165) is 5.75 Å². The summed E-state index contributed by atoms with van der Waals surface area (Å²) in [6.07, 6.45) is 1.13. The summed E-state index contributed by atoms with van der Waals surface area (Å²) in [5, 5.41) is 11.6. The van der Waals surface area contributed by atoms with Crippen LogP contribution in [0.25, 0.3) is 0 Å². The molecule has 0 aliphatic heterocycles. The van der Waals surface area contributed by atoms with Crippen LogP contribution in [0.2, 0.25) is 0 Å². The second-order valence-corrected chi connectivity index (χ2v) is 7.43. The van der Waals surface area contributed by atoms with E-state index in [1.54, 1.807) is 18.7 Å². The molecule has 1 aromatic heterocycles. The molecule has 1 amide bonds. The fourth-order valence-corrected chi connectivity index (χ4v) is 2.50. The highest BCUT2D eigenvalue weighted by molar-refractivity contribution is 8.00. The van der Waals surface area contributed by atoms with Crippen LogP contribution in [-0.2, 0) is 11.2 Å². The van der Waals surface area contributed by atoms with Crippen LogP contribution in [-0.4, -0.2) is 34.0 Å². The van der Waals surface area contributed by atoms with E-state index in [4.69, 9.17) is 9.52 Å². The molecule has 5 nitrogen and oxygen atoms in total. The molecule has 1 aromatic rings. The minimum Gasteiger partial charge on any atom is -0.481 e. The maximum Gasteiger partial charge on any atom is 0.311 e. The molecular weight excluding hydrogens is 278 g/mol. The Bertz CT molecular complexity index is 488. The molecule has 20 heavy (non-hydrogen) atoms. The summed E-state index contributed by atoms with van der Waals surface area (Å²) < 4.78 is 5.30. The Morgan fingerprint density at radius 1 is 1.40 bits per heavy atom. The molecule has 0 aliphatic carbocycles. The molecule has 0 saturated heterocycles. The zero-order valence-corrected chi connectivity index (χ0v) is 13.1. The van der Waals surface area contributed by atoms with Gasteiger partial charge < -0.3 is 14.8 Å². The third-order valence-corrected chi connectivity index (χ3v) is 3.79. The van der Waals surface area contributed by atoms with E-state index in [1.165, 1.54) is 6.26 Å². The van der Waals surface area contributed by atoms with Gasteiger partial charge in [0.05, 0.1) is 11.8 Å². The van der Waals surface area contributed by atoms with Gasteiger partial charge in [-0.2, -0.15) is 11.8 Å². The van der Waals surface area contributed by atoms with Crippen molar-refractivity contribution < 1.29 is 19.1 Å². The number of hydrogen-bond acceptors (Lipinski definition) is 4. The lowest BCUT2D eigenvalue weighted by atomic mass is 10.1. The molecule has 0 unspecified atom stereocenters. The Hall–Kier alpha value is -1.43. The first kappa shape index (κ1) is 16.6. The second-order valence-electron chi connectivity index (χ2n) is 5.50. The summed E-state index contributed by atoms with van der Waals surface area (Å²) in [5.41, 5.74) is 0.996. The number of carbonyl (C=O) groups is 2. The zero-order chi connectivity index (χ0) is 15.3. The molecule has 2 N–H and O–H groups in total. The Morgan fingerprint density at radius 2 is 2.05 bits per heavy atom. The number of aryl methyl sites for hydroxylation is 1. The highest BCUT2D eigenvalue weighted by Gasteiger charge is 2.20. The van der Waals surface area contributed by atoms with Crippen LogP contribution in [0.3, 0.4) is 0 Å². The van der Waals surface area contributed by atoms with Crippen LogP contribution >= 0.6 is 11.8 Å². The van der Waals surface area contributed by atoms with Gasteiger partial charge in [-0.3, -0.25) is 9.59 Å². The third kappa shape index (κ3) is 5.28. The van der Waals surface area contributed by atoms with Gasteiger partial charge in [0, 0.05) is 22.6 Å². The van der Waals surface area contributed by atoms with Crippen molar-refractivity contribution in [3.63, 3.8) is 0 Å². The van der Waals surface area contributed by atoms with Crippen LogP contribution in [0, 0.1) is 6.92 Å². The van der Waals surface area contributed by atoms with Gasteiger partial charge in [-0.15, -0.1) is 0 Å². The molecule has 6 heteroatoms. The molecule has 0 radical (unpaired) electrons. The van der Waals surface area contributed by atoms with E-state index in [1.807, 2.05) is 0 Å². The topological polar surface area (TPSA) is 79.5 Å². The Kier molecular flexibility index (Phi) is 5.68. The average Bonchev–Trinajstić information content (AvgIpc) is 2.63. The predicted octanol–water partition coefficient (Wildman–Crippen LogP) is 2.48. The van der Waals surface area contributed by atoms with Crippen molar-refractivity contribution >= 4 is 23.6 Å². The van der Waals surface area contributed by atoms with Crippen molar-refractivity contribution in [2.45, 2.75) is 38.9 Å². The Balaban J connectivity index is 2.59. The van der Waals surface area contributed by atoms with Crippen molar-refractivity contribution in [2.75, 3.05) is 12.3 Å². The smallest absolute Gasteiger partial charge is 0.311 e. The van der Waals surface area contributed by atoms with Crippen molar-refractivity contribution in [2.24, 2.45) is 0 Å². The van der Waals surface area contributed by atoms with Crippen LogP contribution < -0.4 is 5.32 Å². The molecular formula is C14H21NO4S. The van der Waals surface area contributed by atoms with Gasteiger partial charge in [0.15, 0.2) is 0 Å². The molecule has 0 atom stereocenters. The van der Waals surface area contributed by atoms with Gasteiger partial charge in [-0.25, -0.2) is 0 Å². The minimum absolute atomic E-state index is 0.157. The largest absolute Gasteiger partial charge is 0.481 e. The lowest BCUT2D eigenvalue weighted by Crippen LogP contribution is -2.28. The Morgan fingerprint density at radius 3 is 2.60 bits per heavy atom.